The van der Waals surface area contributed by atoms with Crippen molar-refractivity contribution >= 4 is 15.9 Å². The van der Waals surface area contributed by atoms with Crippen molar-refractivity contribution < 1.29 is 5.11 Å². The summed E-state index contributed by atoms with van der Waals surface area (Å²) in [6.07, 6.45) is -0.433. The van der Waals surface area contributed by atoms with Crippen LogP contribution < -0.4 is 5.32 Å². The molecule has 1 rings (SSSR count). The molecule has 0 radical (unpaired) electrons. The van der Waals surface area contributed by atoms with Gasteiger partial charge in [-0.2, -0.15) is 0 Å². The van der Waals surface area contributed by atoms with E-state index in [1.807, 2.05) is 33.0 Å². The number of likely N-dealkylation sites (N-methyl/N-ethyl adjacent to an activating group) is 1. The van der Waals surface area contributed by atoms with Crippen LogP contribution >= 0.6 is 15.9 Å². The Morgan fingerprint density at radius 3 is 2.64 bits per heavy atom. The number of aliphatic hydroxyl groups excluding tert-OH is 1. The van der Waals surface area contributed by atoms with Gasteiger partial charge in [-0.3, -0.25) is 0 Å². The summed E-state index contributed by atoms with van der Waals surface area (Å²) in [4.78, 5) is 0. The first-order valence-corrected chi connectivity index (χ1v) is 5.45. The van der Waals surface area contributed by atoms with Gasteiger partial charge in [-0.25, -0.2) is 0 Å². The number of hydrogen-bond donors (Lipinski definition) is 2. The normalized spacial score (nSPS) is 12.9. The number of rotatable bonds is 3. The van der Waals surface area contributed by atoms with E-state index in [1.165, 1.54) is 0 Å². The number of benzene rings is 1. The highest BCUT2D eigenvalue weighted by Gasteiger charge is 2.13. The van der Waals surface area contributed by atoms with E-state index >= 15 is 0 Å². The van der Waals surface area contributed by atoms with Crippen LogP contribution in [0.4, 0.5) is 0 Å². The van der Waals surface area contributed by atoms with Gasteiger partial charge in [0.25, 0.3) is 0 Å². The second-order valence-corrected chi connectivity index (χ2v) is 4.33. The molecule has 1 atom stereocenters. The van der Waals surface area contributed by atoms with Gasteiger partial charge in [0.05, 0.1) is 6.10 Å². The zero-order valence-electron chi connectivity index (χ0n) is 8.76. The van der Waals surface area contributed by atoms with Crippen LogP contribution in [0.5, 0.6) is 0 Å². The molecule has 14 heavy (non-hydrogen) atoms. The van der Waals surface area contributed by atoms with Crippen molar-refractivity contribution in [3.05, 3.63) is 33.3 Å². The van der Waals surface area contributed by atoms with Crippen LogP contribution in [0.2, 0.25) is 0 Å². The van der Waals surface area contributed by atoms with Gasteiger partial charge in [0, 0.05) is 11.0 Å². The van der Waals surface area contributed by atoms with Crippen LogP contribution in [0.15, 0.2) is 16.6 Å². The van der Waals surface area contributed by atoms with Gasteiger partial charge < -0.3 is 10.4 Å². The lowest BCUT2D eigenvalue weighted by molar-refractivity contribution is 0.176. The van der Waals surface area contributed by atoms with Crippen LogP contribution in [0.3, 0.4) is 0 Å². The minimum Gasteiger partial charge on any atom is -0.387 e. The highest BCUT2D eigenvalue weighted by molar-refractivity contribution is 9.10. The van der Waals surface area contributed by atoms with E-state index in [-0.39, 0.29) is 0 Å². The topological polar surface area (TPSA) is 32.3 Å². The molecule has 0 fully saturated rings. The van der Waals surface area contributed by atoms with Gasteiger partial charge in [0.1, 0.15) is 0 Å². The summed E-state index contributed by atoms with van der Waals surface area (Å²) in [5.74, 6) is 0. The van der Waals surface area contributed by atoms with Crippen molar-refractivity contribution in [2.75, 3.05) is 13.6 Å². The zero-order valence-corrected chi connectivity index (χ0v) is 10.4. The largest absolute Gasteiger partial charge is 0.387 e. The van der Waals surface area contributed by atoms with E-state index in [0.29, 0.717) is 6.54 Å². The highest BCUT2D eigenvalue weighted by Crippen LogP contribution is 2.27. The van der Waals surface area contributed by atoms with Gasteiger partial charge in [-0.15, -0.1) is 0 Å². The minimum absolute atomic E-state index is 0.433. The second-order valence-electron chi connectivity index (χ2n) is 3.48. The van der Waals surface area contributed by atoms with Crippen LogP contribution in [0.1, 0.15) is 22.8 Å². The van der Waals surface area contributed by atoms with Gasteiger partial charge in [-0.1, -0.05) is 22.0 Å². The highest BCUT2D eigenvalue weighted by atomic mass is 79.9. The molecular weight excluding hydrogens is 242 g/mol. The van der Waals surface area contributed by atoms with Crippen molar-refractivity contribution in [1.82, 2.24) is 5.32 Å². The Bertz CT molecular complexity index is 325. The Morgan fingerprint density at radius 1 is 1.43 bits per heavy atom. The average molecular weight is 258 g/mol. The average Bonchev–Trinajstić information content (AvgIpc) is 2.13. The fourth-order valence-electron chi connectivity index (χ4n) is 1.65. The Morgan fingerprint density at radius 2 is 2.07 bits per heavy atom. The van der Waals surface area contributed by atoms with Crippen LogP contribution in [0, 0.1) is 13.8 Å². The fourth-order valence-corrected chi connectivity index (χ4v) is 1.99. The quantitative estimate of drug-likeness (QED) is 0.872. The summed E-state index contributed by atoms with van der Waals surface area (Å²) in [6, 6.07) is 4.03. The van der Waals surface area contributed by atoms with E-state index in [9.17, 15) is 5.11 Å². The van der Waals surface area contributed by atoms with Crippen LogP contribution in [0.25, 0.3) is 0 Å². The van der Waals surface area contributed by atoms with E-state index in [4.69, 9.17) is 0 Å². The number of nitrogens with one attached hydrogen (secondary N) is 1. The molecule has 1 aromatic rings. The molecule has 0 amide bonds. The number of aryl methyl sites for hydroxylation is 1. The van der Waals surface area contributed by atoms with Crippen molar-refractivity contribution in [3.63, 3.8) is 0 Å². The minimum atomic E-state index is -0.433. The summed E-state index contributed by atoms with van der Waals surface area (Å²) in [7, 11) is 1.84. The molecule has 3 heteroatoms. The van der Waals surface area contributed by atoms with E-state index in [0.717, 1.165) is 21.2 Å². The van der Waals surface area contributed by atoms with E-state index < -0.39 is 6.10 Å². The maximum Gasteiger partial charge on any atom is 0.0919 e. The summed E-state index contributed by atoms with van der Waals surface area (Å²) in [5, 5.41) is 12.9. The van der Waals surface area contributed by atoms with Crippen molar-refractivity contribution in [3.8, 4) is 0 Å². The molecule has 1 aromatic carbocycles. The number of halogens is 1. The Labute approximate surface area is 93.5 Å². The van der Waals surface area contributed by atoms with Gasteiger partial charge in [0.2, 0.25) is 0 Å². The second kappa shape index (κ2) is 4.91. The summed E-state index contributed by atoms with van der Waals surface area (Å²) in [5.41, 5.74) is 3.27. The van der Waals surface area contributed by atoms with E-state index in [1.54, 1.807) is 0 Å². The molecule has 1 unspecified atom stereocenters. The van der Waals surface area contributed by atoms with Gasteiger partial charge in [0.15, 0.2) is 0 Å². The standard InChI is InChI=1S/C11H16BrNO/c1-7-4-5-9(12)8(2)11(7)10(14)6-13-3/h4-5,10,13-14H,6H2,1-3H3. The first kappa shape index (κ1) is 11.7. The van der Waals surface area contributed by atoms with Crippen LogP contribution in [-0.2, 0) is 0 Å². The third-order valence-electron chi connectivity index (χ3n) is 2.40. The molecule has 78 valence electrons. The molecule has 0 aliphatic carbocycles. The molecule has 0 aliphatic rings. The van der Waals surface area contributed by atoms with Crippen LogP contribution in [-0.4, -0.2) is 18.7 Å². The molecule has 0 heterocycles. The molecular formula is C11H16BrNO. The predicted molar refractivity (Wildman–Crippen MR) is 62.5 cm³/mol. The van der Waals surface area contributed by atoms with Crippen molar-refractivity contribution in [2.45, 2.75) is 20.0 Å². The molecule has 0 spiro atoms. The van der Waals surface area contributed by atoms with Gasteiger partial charge in [-0.05, 0) is 43.7 Å². The molecule has 0 aromatic heterocycles. The number of hydrogen-bond acceptors (Lipinski definition) is 2. The summed E-state index contributed by atoms with van der Waals surface area (Å²) >= 11 is 3.47. The lowest BCUT2D eigenvalue weighted by atomic mass is 9.98. The lowest BCUT2D eigenvalue weighted by Gasteiger charge is -2.17. The molecule has 2 N–H and O–H groups in total. The summed E-state index contributed by atoms with van der Waals surface area (Å²) in [6.45, 7) is 4.62. The van der Waals surface area contributed by atoms with Crippen molar-refractivity contribution in [2.24, 2.45) is 0 Å². The fraction of sp³-hybridized carbons (Fsp3) is 0.455. The monoisotopic (exact) mass is 257 g/mol. The third-order valence-corrected chi connectivity index (χ3v) is 3.26. The van der Waals surface area contributed by atoms with Gasteiger partial charge >= 0.3 is 0 Å². The molecule has 0 bridgehead atoms. The van der Waals surface area contributed by atoms with Crippen molar-refractivity contribution in [1.29, 1.82) is 0 Å². The first-order chi connectivity index (χ1) is 6.57. The molecule has 2 nitrogen and oxygen atoms in total. The molecule has 0 aliphatic heterocycles. The lowest BCUT2D eigenvalue weighted by Crippen LogP contribution is -2.18. The maximum absolute atomic E-state index is 9.92. The Hall–Kier alpha value is -0.380. The summed E-state index contributed by atoms with van der Waals surface area (Å²) < 4.78 is 1.05. The zero-order chi connectivity index (χ0) is 10.7. The SMILES string of the molecule is CNCC(O)c1c(C)ccc(Br)c1C. The third kappa shape index (κ3) is 2.35. The Balaban J connectivity index is 3.11. The predicted octanol–water partition coefficient (Wildman–Crippen LogP) is 2.32. The van der Waals surface area contributed by atoms with E-state index in [2.05, 4.69) is 21.2 Å². The smallest absolute Gasteiger partial charge is 0.0919 e. The molecule has 0 saturated heterocycles. The number of aliphatic hydroxyl groups is 1. The molecule has 0 saturated carbocycles. The Kier molecular flexibility index (Phi) is 4.11. The maximum atomic E-state index is 9.92. The first-order valence-electron chi connectivity index (χ1n) is 4.66.